The molecule has 3 aromatic rings. The van der Waals surface area contributed by atoms with E-state index in [2.05, 4.69) is 0 Å². The lowest BCUT2D eigenvalue weighted by Gasteiger charge is -2.05. The largest absolute Gasteiger partial charge is 0.328 e. The van der Waals surface area contributed by atoms with Crippen LogP contribution in [0, 0.1) is 0 Å². The van der Waals surface area contributed by atoms with Gasteiger partial charge in [-0.3, -0.25) is 9.13 Å². The number of sulfone groups is 1. The minimum Gasteiger partial charge on any atom is -0.295 e. The molecule has 0 saturated carbocycles. The summed E-state index contributed by atoms with van der Waals surface area (Å²) in [5.41, 5.74) is 1.34. The minimum absolute atomic E-state index is 0.106. The van der Waals surface area contributed by atoms with Crippen molar-refractivity contribution in [1.29, 1.82) is 0 Å². The van der Waals surface area contributed by atoms with E-state index in [9.17, 15) is 13.2 Å². The van der Waals surface area contributed by atoms with Crippen molar-refractivity contribution in [2.45, 2.75) is 11.4 Å². The van der Waals surface area contributed by atoms with E-state index in [1.54, 1.807) is 37.4 Å². The monoisotopic (exact) mass is 316 g/mol. The van der Waals surface area contributed by atoms with Gasteiger partial charge < -0.3 is 0 Å². The van der Waals surface area contributed by atoms with Gasteiger partial charge >= 0.3 is 5.69 Å². The SMILES string of the molecule is Cn1c(=O)n(CCS(=O)(=O)c2ccccc2)c2ccccc21. The lowest BCUT2D eigenvalue weighted by molar-refractivity contribution is 0.587. The molecule has 0 aliphatic rings. The second-order valence-corrected chi connectivity index (χ2v) is 7.22. The quantitative estimate of drug-likeness (QED) is 0.737. The first-order valence-electron chi connectivity index (χ1n) is 6.93. The first-order chi connectivity index (χ1) is 10.5. The number of aryl methyl sites for hydroxylation is 2. The first kappa shape index (κ1) is 14.6. The van der Waals surface area contributed by atoms with Crippen LogP contribution in [0.3, 0.4) is 0 Å². The zero-order chi connectivity index (χ0) is 15.7. The summed E-state index contributed by atoms with van der Waals surface area (Å²) >= 11 is 0. The third-order valence-corrected chi connectivity index (χ3v) is 5.45. The van der Waals surface area contributed by atoms with E-state index in [1.807, 2.05) is 24.3 Å². The highest BCUT2D eigenvalue weighted by Gasteiger charge is 2.16. The van der Waals surface area contributed by atoms with Gasteiger partial charge in [0.05, 0.1) is 21.7 Å². The Morgan fingerprint density at radius 3 is 2.18 bits per heavy atom. The van der Waals surface area contributed by atoms with E-state index in [0.29, 0.717) is 0 Å². The van der Waals surface area contributed by atoms with Gasteiger partial charge in [-0.1, -0.05) is 30.3 Å². The molecule has 3 rings (SSSR count). The van der Waals surface area contributed by atoms with Gasteiger partial charge in [-0.2, -0.15) is 0 Å². The van der Waals surface area contributed by atoms with Crippen LogP contribution in [0.1, 0.15) is 0 Å². The standard InChI is InChI=1S/C16H16N2O3S/c1-17-14-9-5-6-10-15(14)18(16(17)19)11-12-22(20,21)13-7-3-2-4-8-13/h2-10H,11-12H2,1H3. The number of para-hydroxylation sites is 2. The maximum Gasteiger partial charge on any atom is 0.328 e. The Labute approximate surface area is 128 Å². The molecule has 0 unspecified atom stereocenters. The van der Waals surface area contributed by atoms with Gasteiger partial charge in [0, 0.05) is 13.6 Å². The normalized spacial score (nSPS) is 11.9. The predicted octanol–water partition coefficient (Wildman–Crippen LogP) is 1.81. The van der Waals surface area contributed by atoms with Crippen molar-refractivity contribution in [1.82, 2.24) is 9.13 Å². The van der Waals surface area contributed by atoms with Crippen LogP contribution >= 0.6 is 0 Å². The van der Waals surface area contributed by atoms with Crippen LogP contribution < -0.4 is 5.69 Å². The molecule has 0 atom stereocenters. The van der Waals surface area contributed by atoms with E-state index >= 15 is 0 Å². The lowest BCUT2D eigenvalue weighted by Crippen LogP contribution is -2.25. The Hall–Kier alpha value is -2.34. The Morgan fingerprint density at radius 2 is 1.50 bits per heavy atom. The van der Waals surface area contributed by atoms with Crippen LogP contribution in [0.25, 0.3) is 11.0 Å². The van der Waals surface area contributed by atoms with Gasteiger partial charge in [-0.05, 0) is 24.3 Å². The van der Waals surface area contributed by atoms with Crippen molar-refractivity contribution in [2.75, 3.05) is 5.75 Å². The predicted molar refractivity (Wildman–Crippen MR) is 85.7 cm³/mol. The molecule has 6 heteroatoms. The van der Waals surface area contributed by atoms with Crippen molar-refractivity contribution < 1.29 is 8.42 Å². The van der Waals surface area contributed by atoms with Crippen molar-refractivity contribution >= 4 is 20.9 Å². The van der Waals surface area contributed by atoms with E-state index in [4.69, 9.17) is 0 Å². The number of nitrogens with zero attached hydrogens (tertiary/aromatic N) is 2. The lowest BCUT2D eigenvalue weighted by atomic mass is 10.3. The Kier molecular flexibility index (Phi) is 3.62. The maximum absolute atomic E-state index is 12.3. The molecule has 0 spiro atoms. The van der Waals surface area contributed by atoms with Gasteiger partial charge in [-0.15, -0.1) is 0 Å². The molecule has 0 aliphatic carbocycles. The summed E-state index contributed by atoms with van der Waals surface area (Å²) in [7, 11) is -1.72. The van der Waals surface area contributed by atoms with Gasteiger partial charge in [0.1, 0.15) is 0 Å². The van der Waals surface area contributed by atoms with Crippen LogP contribution in [-0.2, 0) is 23.4 Å². The van der Waals surface area contributed by atoms with Crippen LogP contribution in [0.4, 0.5) is 0 Å². The van der Waals surface area contributed by atoms with Crippen LogP contribution in [0.15, 0.2) is 64.3 Å². The highest BCUT2D eigenvalue weighted by molar-refractivity contribution is 7.91. The zero-order valence-electron chi connectivity index (χ0n) is 12.1. The number of imidazole rings is 1. The maximum atomic E-state index is 12.3. The van der Waals surface area contributed by atoms with Crippen molar-refractivity contribution in [3.05, 3.63) is 65.1 Å². The fourth-order valence-corrected chi connectivity index (χ4v) is 3.77. The number of fused-ring (bicyclic) bond motifs is 1. The molecule has 0 amide bonds. The fourth-order valence-electron chi connectivity index (χ4n) is 2.54. The van der Waals surface area contributed by atoms with Crippen LogP contribution in [0.5, 0.6) is 0 Å². The van der Waals surface area contributed by atoms with E-state index < -0.39 is 9.84 Å². The molecular formula is C16H16N2O3S. The zero-order valence-corrected chi connectivity index (χ0v) is 13.0. The topological polar surface area (TPSA) is 61.1 Å². The summed E-state index contributed by atoms with van der Waals surface area (Å²) in [4.78, 5) is 12.6. The van der Waals surface area contributed by atoms with Crippen molar-refractivity contribution in [2.24, 2.45) is 7.05 Å². The molecule has 0 aliphatic heterocycles. The highest BCUT2D eigenvalue weighted by Crippen LogP contribution is 2.14. The molecule has 22 heavy (non-hydrogen) atoms. The van der Waals surface area contributed by atoms with Crippen LogP contribution in [0.2, 0.25) is 0 Å². The molecule has 5 nitrogen and oxygen atoms in total. The summed E-state index contributed by atoms with van der Waals surface area (Å²) in [5, 5.41) is 0. The fraction of sp³-hybridized carbons (Fsp3) is 0.188. The number of rotatable bonds is 4. The van der Waals surface area contributed by atoms with Gasteiger partial charge in [0.2, 0.25) is 0 Å². The molecule has 2 aromatic carbocycles. The number of hydrogen-bond donors (Lipinski definition) is 0. The van der Waals surface area contributed by atoms with E-state index in [1.165, 1.54) is 9.13 Å². The average molecular weight is 316 g/mol. The molecule has 1 heterocycles. The van der Waals surface area contributed by atoms with E-state index in [0.717, 1.165) is 11.0 Å². The highest BCUT2D eigenvalue weighted by atomic mass is 32.2. The molecule has 0 saturated heterocycles. The number of benzene rings is 2. The Bertz CT molecular complexity index is 970. The summed E-state index contributed by atoms with van der Waals surface area (Å²) in [5.74, 6) is -0.106. The molecule has 0 bridgehead atoms. The first-order valence-corrected chi connectivity index (χ1v) is 8.58. The van der Waals surface area contributed by atoms with E-state index in [-0.39, 0.29) is 22.9 Å². The number of hydrogen-bond acceptors (Lipinski definition) is 3. The van der Waals surface area contributed by atoms with Gasteiger partial charge in [0.15, 0.2) is 9.84 Å². The molecule has 0 radical (unpaired) electrons. The van der Waals surface area contributed by atoms with Crippen molar-refractivity contribution in [3.8, 4) is 0 Å². The van der Waals surface area contributed by atoms with Gasteiger partial charge in [-0.25, -0.2) is 13.2 Å². The summed E-state index contributed by atoms with van der Waals surface area (Å²) in [6, 6.07) is 15.7. The van der Waals surface area contributed by atoms with Gasteiger partial charge in [0.25, 0.3) is 0 Å². The summed E-state index contributed by atoms with van der Waals surface area (Å²) in [6.07, 6.45) is 0. The Morgan fingerprint density at radius 1 is 0.909 bits per heavy atom. The smallest absolute Gasteiger partial charge is 0.295 e. The molecule has 0 N–H and O–H groups in total. The average Bonchev–Trinajstić information content (AvgIpc) is 2.78. The molecule has 0 fully saturated rings. The van der Waals surface area contributed by atoms with Crippen molar-refractivity contribution in [3.63, 3.8) is 0 Å². The number of aromatic nitrogens is 2. The molecular weight excluding hydrogens is 300 g/mol. The summed E-state index contributed by atoms with van der Waals surface area (Å²) < 4.78 is 27.7. The minimum atomic E-state index is -3.40. The Balaban J connectivity index is 1.96. The molecule has 1 aromatic heterocycles. The van der Waals surface area contributed by atoms with Crippen LogP contribution in [-0.4, -0.2) is 23.3 Å². The molecule has 114 valence electrons. The third-order valence-electron chi connectivity index (χ3n) is 3.74. The third kappa shape index (κ3) is 2.46. The second kappa shape index (κ2) is 5.46. The summed E-state index contributed by atoms with van der Waals surface area (Å²) in [6.45, 7) is 0.136. The second-order valence-electron chi connectivity index (χ2n) is 5.11.